The molecule has 0 aliphatic carbocycles. The predicted octanol–water partition coefficient (Wildman–Crippen LogP) is 3.04. The summed E-state index contributed by atoms with van der Waals surface area (Å²) in [6.07, 6.45) is 3.88. The molecule has 0 saturated carbocycles. The molecule has 1 aliphatic heterocycles. The van der Waals surface area contributed by atoms with Gasteiger partial charge in [0.15, 0.2) is 5.69 Å². The van der Waals surface area contributed by atoms with Crippen molar-refractivity contribution in [3.63, 3.8) is 0 Å². The first-order valence-electron chi connectivity index (χ1n) is 6.11. The number of para-hydroxylation sites is 1. The van der Waals surface area contributed by atoms with Crippen LogP contribution in [0.5, 0.6) is 0 Å². The SMILES string of the molecule is N#Cc1ncccc1N1CCCc2ccccc21. The Hall–Kier alpha value is -2.34. The van der Waals surface area contributed by atoms with Crippen molar-refractivity contribution in [2.45, 2.75) is 12.8 Å². The number of rotatable bonds is 1. The van der Waals surface area contributed by atoms with Gasteiger partial charge in [-0.2, -0.15) is 5.26 Å². The fourth-order valence-electron chi connectivity index (χ4n) is 2.48. The molecule has 88 valence electrons. The smallest absolute Gasteiger partial charge is 0.164 e. The second kappa shape index (κ2) is 4.50. The Kier molecular flexibility index (Phi) is 2.70. The zero-order chi connectivity index (χ0) is 12.4. The summed E-state index contributed by atoms with van der Waals surface area (Å²) < 4.78 is 0. The van der Waals surface area contributed by atoms with Crippen molar-refractivity contribution in [3.8, 4) is 6.07 Å². The number of fused-ring (bicyclic) bond motifs is 1. The predicted molar refractivity (Wildman–Crippen MR) is 70.7 cm³/mol. The van der Waals surface area contributed by atoms with Gasteiger partial charge < -0.3 is 4.90 Å². The Morgan fingerprint density at radius 3 is 2.83 bits per heavy atom. The molecule has 2 heterocycles. The summed E-state index contributed by atoms with van der Waals surface area (Å²) >= 11 is 0. The highest BCUT2D eigenvalue weighted by molar-refractivity contribution is 5.70. The number of hydrogen-bond acceptors (Lipinski definition) is 3. The molecule has 18 heavy (non-hydrogen) atoms. The van der Waals surface area contributed by atoms with Crippen LogP contribution in [0.15, 0.2) is 42.6 Å². The van der Waals surface area contributed by atoms with E-state index in [2.05, 4.69) is 34.2 Å². The van der Waals surface area contributed by atoms with Gasteiger partial charge in [0, 0.05) is 18.4 Å². The van der Waals surface area contributed by atoms with E-state index in [-0.39, 0.29) is 0 Å². The highest BCUT2D eigenvalue weighted by Gasteiger charge is 2.20. The maximum absolute atomic E-state index is 9.16. The lowest BCUT2D eigenvalue weighted by atomic mass is 10.0. The van der Waals surface area contributed by atoms with Gasteiger partial charge in [0.25, 0.3) is 0 Å². The van der Waals surface area contributed by atoms with E-state index in [9.17, 15) is 0 Å². The van der Waals surface area contributed by atoms with Crippen LogP contribution in [0.25, 0.3) is 0 Å². The third kappa shape index (κ3) is 1.72. The van der Waals surface area contributed by atoms with Gasteiger partial charge in [0.05, 0.1) is 5.69 Å². The Bertz CT molecular complexity index is 613. The molecule has 0 atom stereocenters. The number of pyridine rings is 1. The summed E-state index contributed by atoms with van der Waals surface area (Å²) in [4.78, 5) is 6.34. The zero-order valence-electron chi connectivity index (χ0n) is 10.0. The molecule has 0 bridgehead atoms. The lowest BCUT2D eigenvalue weighted by Crippen LogP contribution is -2.25. The van der Waals surface area contributed by atoms with Crippen LogP contribution in [-0.2, 0) is 6.42 Å². The summed E-state index contributed by atoms with van der Waals surface area (Å²) in [5.41, 5.74) is 3.95. The van der Waals surface area contributed by atoms with E-state index < -0.39 is 0 Å². The van der Waals surface area contributed by atoms with E-state index in [0.29, 0.717) is 5.69 Å². The van der Waals surface area contributed by atoms with Crippen LogP contribution >= 0.6 is 0 Å². The van der Waals surface area contributed by atoms with Gasteiger partial charge in [-0.05, 0) is 36.6 Å². The summed E-state index contributed by atoms with van der Waals surface area (Å²) in [5, 5.41) is 9.16. The molecule has 0 N–H and O–H groups in total. The zero-order valence-corrected chi connectivity index (χ0v) is 10.0. The van der Waals surface area contributed by atoms with Gasteiger partial charge >= 0.3 is 0 Å². The van der Waals surface area contributed by atoms with Gasteiger partial charge in [-0.25, -0.2) is 4.98 Å². The molecule has 3 nitrogen and oxygen atoms in total. The number of benzene rings is 1. The van der Waals surface area contributed by atoms with Crippen molar-refractivity contribution >= 4 is 11.4 Å². The monoisotopic (exact) mass is 235 g/mol. The van der Waals surface area contributed by atoms with Crippen LogP contribution in [0.2, 0.25) is 0 Å². The largest absolute Gasteiger partial charge is 0.339 e. The topological polar surface area (TPSA) is 39.9 Å². The van der Waals surface area contributed by atoms with Gasteiger partial charge in [-0.1, -0.05) is 18.2 Å². The molecule has 0 fully saturated rings. The van der Waals surface area contributed by atoms with Gasteiger partial charge in [0.1, 0.15) is 6.07 Å². The Balaban J connectivity index is 2.12. The molecule has 2 aromatic rings. The second-order valence-corrected chi connectivity index (χ2v) is 4.37. The Morgan fingerprint density at radius 1 is 1.11 bits per heavy atom. The van der Waals surface area contributed by atoms with Crippen molar-refractivity contribution in [2.24, 2.45) is 0 Å². The van der Waals surface area contributed by atoms with Crippen molar-refractivity contribution in [1.82, 2.24) is 4.98 Å². The van der Waals surface area contributed by atoms with Crippen LogP contribution in [-0.4, -0.2) is 11.5 Å². The molecule has 3 heteroatoms. The number of aromatic nitrogens is 1. The molecule has 1 aromatic heterocycles. The number of nitrogens with zero attached hydrogens (tertiary/aromatic N) is 3. The maximum Gasteiger partial charge on any atom is 0.164 e. The van der Waals surface area contributed by atoms with E-state index in [0.717, 1.165) is 25.1 Å². The molecule has 0 amide bonds. The quantitative estimate of drug-likeness (QED) is 0.762. The molecule has 0 spiro atoms. The molecular formula is C15H13N3. The van der Waals surface area contributed by atoms with Crippen LogP contribution < -0.4 is 4.90 Å². The van der Waals surface area contributed by atoms with E-state index in [1.165, 1.54) is 11.3 Å². The first-order chi connectivity index (χ1) is 8.90. The van der Waals surface area contributed by atoms with Crippen LogP contribution in [0.1, 0.15) is 17.7 Å². The fraction of sp³-hybridized carbons (Fsp3) is 0.200. The van der Waals surface area contributed by atoms with E-state index in [4.69, 9.17) is 5.26 Å². The van der Waals surface area contributed by atoms with Crippen LogP contribution in [0, 0.1) is 11.3 Å². The highest BCUT2D eigenvalue weighted by atomic mass is 15.1. The summed E-state index contributed by atoms with van der Waals surface area (Å²) in [6, 6.07) is 14.4. The van der Waals surface area contributed by atoms with E-state index >= 15 is 0 Å². The normalized spacial score (nSPS) is 13.8. The first-order valence-corrected chi connectivity index (χ1v) is 6.11. The number of anilines is 2. The van der Waals surface area contributed by atoms with Crippen molar-refractivity contribution in [1.29, 1.82) is 5.26 Å². The Labute approximate surface area is 106 Å². The highest BCUT2D eigenvalue weighted by Crippen LogP contribution is 2.34. The molecule has 1 aliphatic rings. The molecule has 0 unspecified atom stereocenters. The fourth-order valence-corrected chi connectivity index (χ4v) is 2.48. The van der Waals surface area contributed by atoms with Crippen molar-refractivity contribution in [3.05, 3.63) is 53.9 Å². The minimum absolute atomic E-state index is 0.495. The lowest BCUT2D eigenvalue weighted by molar-refractivity contribution is 0.765. The maximum atomic E-state index is 9.16. The van der Waals surface area contributed by atoms with E-state index in [1.54, 1.807) is 6.20 Å². The third-order valence-corrected chi connectivity index (χ3v) is 3.29. The first kappa shape index (κ1) is 10.8. The standard InChI is InChI=1S/C15H13N3/c16-11-13-15(8-3-9-17-13)18-10-4-6-12-5-1-2-7-14(12)18/h1-3,5,7-9H,4,6,10H2. The Morgan fingerprint density at radius 2 is 1.94 bits per heavy atom. The van der Waals surface area contributed by atoms with Gasteiger partial charge in [-0.15, -0.1) is 0 Å². The van der Waals surface area contributed by atoms with Crippen molar-refractivity contribution < 1.29 is 0 Å². The second-order valence-electron chi connectivity index (χ2n) is 4.37. The molecule has 1 aromatic carbocycles. The van der Waals surface area contributed by atoms with Crippen LogP contribution in [0.4, 0.5) is 11.4 Å². The average Bonchev–Trinajstić information content (AvgIpc) is 2.46. The number of hydrogen-bond donors (Lipinski definition) is 0. The average molecular weight is 235 g/mol. The number of aryl methyl sites for hydroxylation is 1. The van der Waals surface area contributed by atoms with Crippen LogP contribution in [0.3, 0.4) is 0 Å². The molecule has 3 rings (SSSR count). The minimum Gasteiger partial charge on any atom is -0.339 e. The molecular weight excluding hydrogens is 222 g/mol. The molecule has 0 radical (unpaired) electrons. The van der Waals surface area contributed by atoms with E-state index in [1.807, 2.05) is 18.2 Å². The third-order valence-electron chi connectivity index (χ3n) is 3.29. The van der Waals surface area contributed by atoms with Crippen molar-refractivity contribution in [2.75, 3.05) is 11.4 Å². The number of nitriles is 1. The lowest BCUT2D eigenvalue weighted by Gasteiger charge is -2.31. The summed E-state index contributed by atoms with van der Waals surface area (Å²) in [6.45, 7) is 0.942. The van der Waals surface area contributed by atoms with Gasteiger partial charge in [-0.3, -0.25) is 0 Å². The minimum atomic E-state index is 0.495. The summed E-state index contributed by atoms with van der Waals surface area (Å²) in [7, 11) is 0. The molecule has 0 saturated heterocycles. The van der Waals surface area contributed by atoms with Gasteiger partial charge in [0.2, 0.25) is 0 Å². The summed E-state index contributed by atoms with van der Waals surface area (Å²) in [5.74, 6) is 0.